The Kier molecular flexibility index (Phi) is 5.58. The van der Waals surface area contributed by atoms with Gasteiger partial charge in [-0.2, -0.15) is 0 Å². The number of aromatic amines is 2. The minimum absolute atomic E-state index is 0.587. The van der Waals surface area contributed by atoms with Gasteiger partial charge in [0.05, 0.1) is 27.8 Å². The van der Waals surface area contributed by atoms with Gasteiger partial charge in [-0.25, -0.2) is 9.97 Å². The third-order valence-electron chi connectivity index (χ3n) is 8.32. The lowest BCUT2D eigenvalue weighted by Gasteiger charge is -2.14. The van der Waals surface area contributed by atoms with Gasteiger partial charge in [-0.15, -0.1) is 0 Å². The van der Waals surface area contributed by atoms with E-state index < -0.39 is 0 Å². The molecule has 0 atom stereocenters. The first kappa shape index (κ1) is 25.3. The Morgan fingerprint density at radius 1 is 0.477 bits per heavy atom. The van der Waals surface area contributed by atoms with Gasteiger partial charge >= 0.3 is 0 Å². The third-order valence-corrected chi connectivity index (χ3v) is 8.93. The summed E-state index contributed by atoms with van der Waals surface area (Å²) in [5.74, 6) is 0. The molecule has 5 heterocycles. The van der Waals surface area contributed by atoms with E-state index in [0.717, 1.165) is 82.9 Å². The first-order valence-electron chi connectivity index (χ1n) is 14.4. The maximum atomic E-state index is 7.14. The summed E-state index contributed by atoms with van der Waals surface area (Å²) in [6, 6.07) is 33.4. The van der Waals surface area contributed by atoms with Crippen molar-refractivity contribution in [1.82, 2.24) is 19.9 Å². The normalized spacial score (nSPS) is 12.6. The standard InChI is InChI=1S/C38H22Cl2N4/c39-34-20-35(40)38(37-31(34)12-5-23-13-21-3-1-2-4-22(21)14-32(23)37)33-18-30-17-28-9-8-26(42-28)15-24-6-7-25(41-24)16-27-10-11-29(43-27)19-36(33)44-30/h1-20,41,44H. The Bertz CT molecular complexity index is 2590. The van der Waals surface area contributed by atoms with E-state index in [-0.39, 0.29) is 0 Å². The minimum Gasteiger partial charge on any atom is -0.355 e. The number of rotatable bonds is 1. The average Bonchev–Trinajstić information content (AvgIpc) is 3.82. The molecule has 7 aromatic rings. The van der Waals surface area contributed by atoms with E-state index in [4.69, 9.17) is 33.2 Å². The Labute approximate surface area is 262 Å². The highest BCUT2D eigenvalue weighted by Crippen LogP contribution is 2.45. The van der Waals surface area contributed by atoms with Crippen LogP contribution in [0.15, 0.2) is 97.1 Å². The van der Waals surface area contributed by atoms with Crippen LogP contribution in [0.4, 0.5) is 0 Å². The molecule has 3 aromatic heterocycles. The van der Waals surface area contributed by atoms with Gasteiger partial charge in [-0.05, 0) is 107 Å². The van der Waals surface area contributed by atoms with Crippen LogP contribution in [0, 0.1) is 0 Å². The number of benzene rings is 4. The lowest BCUT2D eigenvalue weighted by molar-refractivity contribution is 1.31. The first-order valence-corrected chi connectivity index (χ1v) is 15.1. The van der Waals surface area contributed by atoms with Gasteiger partial charge in [0.2, 0.25) is 0 Å². The molecule has 44 heavy (non-hydrogen) atoms. The number of aromatic nitrogens is 4. The molecule has 2 aliphatic rings. The maximum Gasteiger partial charge on any atom is 0.0658 e. The number of fused-ring (bicyclic) bond motifs is 12. The molecule has 0 saturated carbocycles. The molecule has 2 aliphatic heterocycles. The molecule has 9 rings (SSSR count). The summed E-state index contributed by atoms with van der Waals surface area (Å²) in [5, 5.41) is 7.77. The van der Waals surface area contributed by atoms with Crippen LogP contribution in [0.1, 0.15) is 22.8 Å². The first-order chi connectivity index (χ1) is 21.5. The smallest absolute Gasteiger partial charge is 0.0658 e. The summed E-state index contributed by atoms with van der Waals surface area (Å²) >= 11 is 14.0. The number of hydrogen-bond donors (Lipinski definition) is 2. The molecule has 0 saturated heterocycles. The Balaban J connectivity index is 1.41. The summed E-state index contributed by atoms with van der Waals surface area (Å²) in [7, 11) is 0. The molecule has 0 radical (unpaired) electrons. The fourth-order valence-electron chi connectivity index (χ4n) is 6.35. The van der Waals surface area contributed by atoms with Crippen LogP contribution in [0.5, 0.6) is 0 Å². The molecular weight excluding hydrogens is 583 g/mol. The molecule has 8 bridgehead atoms. The zero-order valence-electron chi connectivity index (χ0n) is 23.2. The van der Waals surface area contributed by atoms with Crippen molar-refractivity contribution in [3.63, 3.8) is 0 Å². The lowest BCUT2D eigenvalue weighted by atomic mass is 9.92. The van der Waals surface area contributed by atoms with Gasteiger partial charge in [0.25, 0.3) is 0 Å². The number of nitrogens with zero attached hydrogens (tertiary/aromatic N) is 2. The Hall–Kier alpha value is -5.16. The van der Waals surface area contributed by atoms with Crippen LogP contribution in [0.2, 0.25) is 10.0 Å². The minimum atomic E-state index is 0.587. The van der Waals surface area contributed by atoms with Gasteiger partial charge in [0.15, 0.2) is 0 Å². The van der Waals surface area contributed by atoms with Crippen molar-refractivity contribution in [3.05, 3.63) is 130 Å². The van der Waals surface area contributed by atoms with Gasteiger partial charge in [-0.1, -0.05) is 59.6 Å². The monoisotopic (exact) mass is 604 g/mol. The highest BCUT2D eigenvalue weighted by atomic mass is 35.5. The maximum absolute atomic E-state index is 7.14. The third kappa shape index (κ3) is 4.22. The molecular formula is C38H22Cl2N4. The van der Waals surface area contributed by atoms with Crippen molar-refractivity contribution in [3.8, 4) is 11.1 Å². The van der Waals surface area contributed by atoms with E-state index in [0.29, 0.717) is 10.0 Å². The summed E-state index contributed by atoms with van der Waals surface area (Å²) in [5.41, 5.74) is 9.13. The largest absolute Gasteiger partial charge is 0.355 e. The van der Waals surface area contributed by atoms with Gasteiger partial charge in [0.1, 0.15) is 0 Å². The van der Waals surface area contributed by atoms with E-state index in [2.05, 4.69) is 76.7 Å². The predicted molar refractivity (Wildman–Crippen MR) is 187 cm³/mol. The average molecular weight is 606 g/mol. The Morgan fingerprint density at radius 2 is 1.11 bits per heavy atom. The summed E-state index contributed by atoms with van der Waals surface area (Å²) in [6.07, 6.45) is 8.10. The van der Waals surface area contributed by atoms with E-state index in [1.54, 1.807) is 0 Å². The molecule has 2 N–H and O–H groups in total. The van der Waals surface area contributed by atoms with Crippen LogP contribution in [0.3, 0.4) is 0 Å². The van der Waals surface area contributed by atoms with Crippen molar-refractivity contribution in [2.24, 2.45) is 0 Å². The fourth-order valence-corrected chi connectivity index (χ4v) is 6.98. The topological polar surface area (TPSA) is 57.4 Å². The molecule has 6 heteroatoms. The van der Waals surface area contributed by atoms with Crippen LogP contribution in [0.25, 0.3) is 89.8 Å². The molecule has 0 spiro atoms. The summed E-state index contributed by atoms with van der Waals surface area (Å²) in [4.78, 5) is 16.8. The van der Waals surface area contributed by atoms with Crippen molar-refractivity contribution in [1.29, 1.82) is 0 Å². The number of hydrogen-bond acceptors (Lipinski definition) is 2. The zero-order valence-corrected chi connectivity index (χ0v) is 24.7. The van der Waals surface area contributed by atoms with Crippen LogP contribution < -0.4 is 0 Å². The second-order valence-electron chi connectivity index (χ2n) is 11.2. The highest BCUT2D eigenvalue weighted by molar-refractivity contribution is 6.43. The second kappa shape index (κ2) is 9.68. The van der Waals surface area contributed by atoms with E-state index in [9.17, 15) is 0 Å². The molecule has 208 valence electrons. The van der Waals surface area contributed by atoms with E-state index in [1.165, 1.54) is 5.39 Å². The molecule has 0 fully saturated rings. The number of halogens is 2. The quantitative estimate of drug-likeness (QED) is 0.144. The SMILES string of the molecule is Clc1cc(Cl)c2ccc3cc4ccccc4cc3c2c1-c1cc2cc3nc(cc4ccc(cc5nc(cc1[nH]2)C=C5)[nH]4)C=C3. The van der Waals surface area contributed by atoms with Crippen LogP contribution >= 0.6 is 23.2 Å². The van der Waals surface area contributed by atoms with Gasteiger partial charge < -0.3 is 9.97 Å². The molecule has 0 unspecified atom stereocenters. The summed E-state index contributed by atoms with van der Waals surface area (Å²) < 4.78 is 0. The van der Waals surface area contributed by atoms with E-state index in [1.807, 2.05) is 54.6 Å². The molecule has 4 nitrogen and oxygen atoms in total. The predicted octanol–water partition coefficient (Wildman–Crippen LogP) is 11.1. The van der Waals surface area contributed by atoms with Crippen LogP contribution in [-0.4, -0.2) is 19.9 Å². The van der Waals surface area contributed by atoms with E-state index >= 15 is 0 Å². The summed E-state index contributed by atoms with van der Waals surface area (Å²) in [6.45, 7) is 0. The van der Waals surface area contributed by atoms with Crippen LogP contribution in [-0.2, 0) is 0 Å². The van der Waals surface area contributed by atoms with Crippen molar-refractivity contribution >= 4 is 102 Å². The van der Waals surface area contributed by atoms with Crippen molar-refractivity contribution < 1.29 is 0 Å². The highest BCUT2D eigenvalue weighted by Gasteiger charge is 2.18. The van der Waals surface area contributed by atoms with Gasteiger partial charge in [-0.3, -0.25) is 0 Å². The fraction of sp³-hybridized carbons (Fsp3) is 0. The second-order valence-corrected chi connectivity index (χ2v) is 12.0. The van der Waals surface area contributed by atoms with Gasteiger partial charge in [0, 0.05) is 49.0 Å². The van der Waals surface area contributed by atoms with Crippen molar-refractivity contribution in [2.45, 2.75) is 0 Å². The number of nitrogens with one attached hydrogen (secondary N) is 2. The number of H-pyrrole nitrogens is 2. The Morgan fingerprint density at radius 3 is 1.82 bits per heavy atom. The molecule has 4 aromatic carbocycles. The zero-order chi connectivity index (χ0) is 29.4. The van der Waals surface area contributed by atoms with Crippen molar-refractivity contribution in [2.75, 3.05) is 0 Å². The molecule has 0 amide bonds. The molecule has 0 aliphatic carbocycles. The lowest BCUT2D eigenvalue weighted by Crippen LogP contribution is -1.87.